The summed E-state index contributed by atoms with van der Waals surface area (Å²) in [5.74, 6) is -0.274. The maximum absolute atomic E-state index is 14.0. The minimum Gasteiger partial charge on any atom is -0.494 e. The van der Waals surface area contributed by atoms with Gasteiger partial charge in [-0.3, -0.25) is 0 Å². The van der Waals surface area contributed by atoms with Crippen molar-refractivity contribution in [2.24, 2.45) is 0 Å². The number of hydrogen-bond donors (Lipinski definition) is 2. The molecule has 0 aliphatic carbocycles. The summed E-state index contributed by atoms with van der Waals surface area (Å²) >= 11 is 0. The normalized spacial score (nSPS) is 12.2. The van der Waals surface area contributed by atoms with E-state index in [0.29, 0.717) is 16.8 Å². The van der Waals surface area contributed by atoms with Crippen molar-refractivity contribution in [3.8, 4) is 5.75 Å². The van der Waals surface area contributed by atoms with E-state index in [9.17, 15) is 9.50 Å². The Bertz CT molecular complexity index is 572. The minimum atomic E-state index is -0.845. The van der Waals surface area contributed by atoms with E-state index in [-0.39, 0.29) is 12.2 Å². The molecule has 1 unspecified atom stereocenters. The molecule has 0 fully saturated rings. The smallest absolute Gasteiger partial charge is 0.168 e. The average Bonchev–Trinajstić information content (AvgIpc) is 2.41. The van der Waals surface area contributed by atoms with Crippen molar-refractivity contribution in [2.75, 3.05) is 12.8 Å². The molecule has 2 aromatic rings. The molecule has 4 heteroatoms. The number of ether oxygens (including phenoxy) is 1. The lowest BCUT2D eigenvalue weighted by Crippen LogP contribution is -2.07. The molecule has 0 bridgehead atoms. The molecule has 2 rings (SSSR count). The Hall–Kier alpha value is -2.07. The monoisotopic (exact) mass is 261 g/mol. The lowest BCUT2D eigenvalue weighted by molar-refractivity contribution is 0.177. The maximum atomic E-state index is 14.0. The van der Waals surface area contributed by atoms with E-state index in [2.05, 4.69) is 0 Å². The van der Waals surface area contributed by atoms with Crippen LogP contribution in [0.5, 0.6) is 5.75 Å². The van der Waals surface area contributed by atoms with Crippen LogP contribution in [0.4, 0.5) is 10.1 Å². The number of nitrogens with two attached hydrogens (primary N) is 1. The third-order valence-corrected chi connectivity index (χ3v) is 3.03. The highest BCUT2D eigenvalue weighted by atomic mass is 19.1. The van der Waals surface area contributed by atoms with Crippen LogP contribution in [0.2, 0.25) is 0 Å². The van der Waals surface area contributed by atoms with Crippen LogP contribution < -0.4 is 10.5 Å². The summed E-state index contributed by atoms with van der Waals surface area (Å²) in [6, 6.07) is 11.9. The number of methoxy groups -OCH3 is 1. The van der Waals surface area contributed by atoms with Crippen LogP contribution in [-0.2, 0) is 6.42 Å². The number of para-hydroxylation sites is 1. The second kappa shape index (κ2) is 5.71. The van der Waals surface area contributed by atoms with Gasteiger partial charge in [0.25, 0.3) is 0 Å². The quantitative estimate of drug-likeness (QED) is 0.832. The molecule has 2 aromatic carbocycles. The Morgan fingerprint density at radius 3 is 2.63 bits per heavy atom. The molecular weight excluding hydrogens is 245 g/mol. The van der Waals surface area contributed by atoms with Crippen molar-refractivity contribution in [1.29, 1.82) is 0 Å². The third-order valence-electron chi connectivity index (χ3n) is 3.03. The van der Waals surface area contributed by atoms with Crippen molar-refractivity contribution in [3.63, 3.8) is 0 Å². The summed E-state index contributed by atoms with van der Waals surface area (Å²) in [5.41, 5.74) is 7.29. The largest absolute Gasteiger partial charge is 0.494 e. The van der Waals surface area contributed by atoms with Gasteiger partial charge in [0.15, 0.2) is 11.6 Å². The first-order valence-corrected chi connectivity index (χ1v) is 5.97. The fourth-order valence-corrected chi connectivity index (χ4v) is 2.00. The van der Waals surface area contributed by atoms with Gasteiger partial charge in [-0.1, -0.05) is 30.3 Å². The zero-order valence-corrected chi connectivity index (χ0v) is 10.6. The predicted molar refractivity (Wildman–Crippen MR) is 72.5 cm³/mol. The second-order valence-electron chi connectivity index (χ2n) is 4.28. The molecule has 19 heavy (non-hydrogen) atoms. The van der Waals surface area contributed by atoms with Crippen LogP contribution >= 0.6 is 0 Å². The van der Waals surface area contributed by atoms with Crippen molar-refractivity contribution in [3.05, 3.63) is 59.4 Å². The standard InChI is InChI=1S/C15H16FNO2/c1-19-14-8-4-5-10(15(14)16)9-13(18)11-6-2-3-7-12(11)17/h2-8,13,18H,9,17H2,1H3. The molecular formula is C15H16FNO2. The predicted octanol–water partition coefficient (Wildman–Crippen LogP) is 2.69. The Labute approximate surface area is 111 Å². The number of aliphatic hydroxyl groups is 1. The Balaban J connectivity index is 2.24. The van der Waals surface area contributed by atoms with Crippen molar-refractivity contribution >= 4 is 5.69 Å². The number of hydrogen-bond acceptors (Lipinski definition) is 3. The van der Waals surface area contributed by atoms with Crippen LogP contribution in [0, 0.1) is 5.82 Å². The molecule has 0 aliphatic rings. The molecule has 0 amide bonds. The molecule has 0 aliphatic heterocycles. The van der Waals surface area contributed by atoms with Gasteiger partial charge < -0.3 is 15.6 Å². The molecule has 3 N–H and O–H groups in total. The highest BCUT2D eigenvalue weighted by molar-refractivity contribution is 5.48. The van der Waals surface area contributed by atoms with E-state index in [0.717, 1.165) is 0 Å². The maximum Gasteiger partial charge on any atom is 0.168 e. The molecule has 0 radical (unpaired) electrons. The summed E-state index contributed by atoms with van der Waals surface area (Å²) < 4.78 is 18.9. The van der Waals surface area contributed by atoms with E-state index in [1.54, 1.807) is 42.5 Å². The first kappa shape index (κ1) is 13.4. The van der Waals surface area contributed by atoms with Crippen molar-refractivity contribution < 1.29 is 14.2 Å². The molecule has 0 spiro atoms. The second-order valence-corrected chi connectivity index (χ2v) is 4.28. The number of rotatable bonds is 4. The van der Waals surface area contributed by atoms with E-state index >= 15 is 0 Å². The van der Waals surface area contributed by atoms with E-state index in [1.807, 2.05) is 0 Å². The van der Waals surface area contributed by atoms with E-state index in [1.165, 1.54) is 7.11 Å². The van der Waals surface area contributed by atoms with Crippen LogP contribution in [0.15, 0.2) is 42.5 Å². The van der Waals surface area contributed by atoms with Crippen LogP contribution in [0.3, 0.4) is 0 Å². The van der Waals surface area contributed by atoms with Crippen LogP contribution in [0.25, 0.3) is 0 Å². The first-order valence-electron chi connectivity index (χ1n) is 5.97. The Kier molecular flexibility index (Phi) is 4.02. The number of aliphatic hydroxyl groups excluding tert-OH is 1. The third kappa shape index (κ3) is 2.85. The molecule has 0 aromatic heterocycles. The summed E-state index contributed by atoms with van der Waals surface area (Å²) in [6.45, 7) is 0. The SMILES string of the molecule is COc1cccc(CC(O)c2ccccc2N)c1F. The topological polar surface area (TPSA) is 55.5 Å². The fourth-order valence-electron chi connectivity index (χ4n) is 2.00. The average molecular weight is 261 g/mol. The summed E-state index contributed by atoms with van der Waals surface area (Å²) in [6.07, 6.45) is -0.695. The highest BCUT2D eigenvalue weighted by Crippen LogP contribution is 2.27. The minimum absolute atomic E-state index is 0.150. The van der Waals surface area contributed by atoms with Crippen molar-refractivity contribution in [2.45, 2.75) is 12.5 Å². The molecule has 0 heterocycles. The molecule has 3 nitrogen and oxygen atoms in total. The van der Waals surface area contributed by atoms with Gasteiger partial charge in [0, 0.05) is 17.7 Å². The molecule has 0 saturated heterocycles. The van der Waals surface area contributed by atoms with Gasteiger partial charge in [0.2, 0.25) is 0 Å². The van der Waals surface area contributed by atoms with Crippen LogP contribution in [-0.4, -0.2) is 12.2 Å². The zero-order valence-electron chi connectivity index (χ0n) is 10.6. The Morgan fingerprint density at radius 1 is 1.21 bits per heavy atom. The van der Waals surface area contributed by atoms with E-state index in [4.69, 9.17) is 10.5 Å². The summed E-state index contributed by atoms with van der Waals surface area (Å²) in [5, 5.41) is 10.2. The fraction of sp³-hybridized carbons (Fsp3) is 0.200. The first-order chi connectivity index (χ1) is 9.13. The Morgan fingerprint density at radius 2 is 1.95 bits per heavy atom. The van der Waals surface area contributed by atoms with E-state index < -0.39 is 11.9 Å². The molecule has 100 valence electrons. The van der Waals surface area contributed by atoms with Gasteiger partial charge in [-0.15, -0.1) is 0 Å². The molecule has 0 saturated carbocycles. The van der Waals surface area contributed by atoms with Gasteiger partial charge in [0.05, 0.1) is 13.2 Å². The summed E-state index contributed by atoms with van der Waals surface area (Å²) in [7, 11) is 1.41. The van der Waals surface area contributed by atoms with Crippen molar-refractivity contribution in [1.82, 2.24) is 0 Å². The van der Waals surface area contributed by atoms with Gasteiger partial charge >= 0.3 is 0 Å². The van der Waals surface area contributed by atoms with Crippen LogP contribution in [0.1, 0.15) is 17.2 Å². The molecule has 1 atom stereocenters. The summed E-state index contributed by atoms with van der Waals surface area (Å²) in [4.78, 5) is 0. The lowest BCUT2D eigenvalue weighted by atomic mass is 9.99. The number of benzene rings is 2. The van der Waals surface area contributed by atoms with Gasteiger partial charge in [0.1, 0.15) is 0 Å². The van der Waals surface area contributed by atoms with Gasteiger partial charge in [-0.25, -0.2) is 4.39 Å². The zero-order chi connectivity index (χ0) is 13.8. The van der Waals surface area contributed by atoms with Gasteiger partial charge in [-0.2, -0.15) is 0 Å². The number of halogens is 1. The number of anilines is 1. The highest BCUT2D eigenvalue weighted by Gasteiger charge is 2.15. The van der Waals surface area contributed by atoms with Gasteiger partial charge in [-0.05, 0) is 17.7 Å². The lowest BCUT2D eigenvalue weighted by Gasteiger charge is -2.14. The number of nitrogen functional groups attached to an aromatic ring is 1.